The molecule has 0 saturated carbocycles. The van der Waals surface area contributed by atoms with Crippen molar-refractivity contribution in [2.75, 3.05) is 5.73 Å². The number of rotatable bonds is 3. The second-order valence-corrected chi connectivity index (χ2v) is 4.92. The molecule has 11 heteroatoms. The van der Waals surface area contributed by atoms with Gasteiger partial charge in [0.1, 0.15) is 5.56 Å². The zero-order valence-electron chi connectivity index (χ0n) is 11.9. The van der Waals surface area contributed by atoms with Crippen LogP contribution in [0.2, 0.25) is 0 Å². The van der Waals surface area contributed by atoms with E-state index in [1.54, 1.807) is 0 Å². The van der Waals surface area contributed by atoms with Gasteiger partial charge in [0.25, 0.3) is 5.69 Å². The van der Waals surface area contributed by atoms with E-state index in [9.17, 15) is 23.3 Å². The molecular weight excluding hydrogens is 329 g/mol. The first-order chi connectivity index (χ1) is 11.3. The maximum atomic E-state index is 13.0. The molecule has 8 nitrogen and oxygen atoms in total. The minimum atomic E-state index is -4.84. The molecule has 0 amide bonds. The molecule has 2 heterocycles. The van der Waals surface area contributed by atoms with Gasteiger partial charge < -0.3 is 5.73 Å². The molecule has 0 spiro atoms. The summed E-state index contributed by atoms with van der Waals surface area (Å²) in [7, 11) is 0. The maximum absolute atomic E-state index is 13.0. The summed E-state index contributed by atoms with van der Waals surface area (Å²) in [5.41, 5.74) is 3.73. The fourth-order valence-electron chi connectivity index (χ4n) is 2.24. The van der Waals surface area contributed by atoms with E-state index in [-0.39, 0.29) is 18.1 Å². The topological polar surface area (TPSA) is 113 Å². The third-order valence-electron chi connectivity index (χ3n) is 3.29. The van der Waals surface area contributed by atoms with Crippen LogP contribution in [-0.4, -0.2) is 24.7 Å². The molecule has 0 bridgehead atoms. The van der Waals surface area contributed by atoms with E-state index in [1.807, 2.05) is 0 Å². The number of alkyl halides is 3. The van der Waals surface area contributed by atoms with Crippen LogP contribution in [0, 0.1) is 10.1 Å². The number of hydrogen-bond donors (Lipinski definition) is 1. The molecule has 0 radical (unpaired) electrons. The highest BCUT2D eigenvalue weighted by Gasteiger charge is 2.38. The van der Waals surface area contributed by atoms with Crippen molar-refractivity contribution in [1.29, 1.82) is 0 Å². The van der Waals surface area contributed by atoms with Gasteiger partial charge >= 0.3 is 6.18 Å². The zero-order chi connectivity index (χ0) is 17.5. The van der Waals surface area contributed by atoms with E-state index in [0.29, 0.717) is 11.0 Å². The summed E-state index contributed by atoms with van der Waals surface area (Å²) in [5, 5.41) is 15.4. The number of fused-ring (bicyclic) bond motifs is 1. The average Bonchev–Trinajstić information content (AvgIpc) is 2.88. The first kappa shape index (κ1) is 15.6. The molecule has 0 saturated heterocycles. The highest BCUT2D eigenvalue weighted by atomic mass is 19.4. The van der Waals surface area contributed by atoms with E-state index in [4.69, 9.17) is 5.73 Å². The van der Waals surface area contributed by atoms with E-state index in [1.165, 1.54) is 23.1 Å². The Labute approximate surface area is 131 Å². The largest absolute Gasteiger partial charge is 0.423 e. The number of anilines is 1. The molecule has 0 aliphatic rings. The van der Waals surface area contributed by atoms with Crippen molar-refractivity contribution in [3.63, 3.8) is 0 Å². The Morgan fingerprint density at radius 3 is 2.71 bits per heavy atom. The van der Waals surface area contributed by atoms with E-state index >= 15 is 0 Å². The van der Waals surface area contributed by atoms with Crippen molar-refractivity contribution < 1.29 is 18.1 Å². The van der Waals surface area contributed by atoms with Crippen molar-refractivity contribution in [2.45, 2.75) is 12.7 Å². The first-order valence-electron chi connectivity index (χ1n) is 6.54. The molecule has 124 valence electrons. The molecule has 1 aromatic carbocycles. The van der Waals surface area contributed by atoms with Crippen LogP contribution < -0.4 is 5.73 Å². The summed E-state index contributed by atoms with van der Waals surface area (Å²) < 4.78 is 40.4. The summed E-state index contributed by atoms with van der Waals surface area (Å²) in [6, 6.07) is 2.80. The Bertz CT molecular complexity index is 937. The molecule has 0 fully saturated rings. The molecule has 0 atom stereocenters. The normalized spacial score (nSPS) is 11.8. The lowest BCUT2D eigenvalue weighted by Gasteiger charge is -2.10. The molecule has 0 aliphatic carbocycles. The van der Waals surface area contributed by atoms with E-state index in [2.05, 4.69) is 15.1 Å². The van der Waals surface area contributed by atoms with Crippen LogP contribution in [0.1, 0.15) is 11.1 Å². The number of nitro groups is 1. The molecule has 3 aromatic rings. The van der Waals surface area contributed by atoms with Gasteiger partial charge in [0.2, 0.25) is 5.95 Å². The van der Waals surface area contributed by atoms with Crippen molar-refractivity contribution in [1.82, 2.24) is 19.7 Å². The molecule has 2 N–H and O–H groups in total. The van der Waals surface area contributed by atoms with Gasteiger partial charge in [0.05, 0.1) is 23.1 Å². The predicted octanol–water partition coefficient (Wildman–Crippen LogP) is 2.38. The monoisotopic (exact) mass is 338 g/mol. The van der Waals surface area contributed by atoms with Gasteiger partial charge in [0.15, 0.2) is 5.65 Å². The summed E-state index contributed by atoms with van der Waals surface area (Å²) >= 11 is 0. The standard InChI is InChI=1S/C13H9F3N6O2/c14-13(15,16)9-3-7(1-2-10(9)22(23)24)6-21-11-8(5-19-21)4-18-12(17)20-11/h1-5H,6H2,(H2,17,18,20). The Morgan fingerprint density at radius 1 is 1.29 bits per heavy atom. The second-order valence-electron chi connectivity index (χ2n) is 4.92. The van der Waals surface area contributed by atoms with Crippen LogP contribution in [0.3, 0.4) is 0 Å². The number of nitrogen functional groups attached to an aromatic ring is 1. The number of nitrogens with two attached hydrogens (primary N) is 1. The number of halogens is 3. The van der Waals surface area contributed by atoms with Crippen molar-refractivity contribution in [3.05, 3.63) is 51.8 Å². The molecule has 3 rings (SSSR count). The van der Waals surface area contributed by atoms with Crippen LogP contribution in [0.4, 0.5) is 24.8 Å². The predicted molar refractivity (Wildman–Crippen MR) is 76.9 cm³/mol. The highest BCUT2D eigenvalue weighted by Crippen LogP contribution is 2.36. The second kappa shape index (κ2) is 5.44. The van der Waals surface area contributed by atoms with E-state index in [0.717, 1.165) is 12.1 Å². The molecule has 24 heavy (non-hydrogen) atoms. The minimum absolute atomic E-state index is 0.00364. The Morgan fingerprint density at radius 2 is 2.04 bits per heavy atom. The summed E-state index contributed by atoms with van der Waals surface area (Å²) in [6.07, 6.45) is -1.94. The number of nitrogens with zero attached hydrogens (tertiary/aromatic N) is 5. The van der Waals surface area contributed by atoms with Crippen molar-refractivity contribution in [2.24, 2.45) is 0 Å². The lowest BCUT2D eigenvalue weighted by molar-refractivity contribution is -0.388. The van der Waals surface area contributed by atoms with E-state index < -0.39 is 22.4 Å². The fraction of sp³-hybridized carbons (Fsp3) is 0.154. The molecule has 2 aromatic heterocycles. The maximum Gasteiger partial charge on any atom is 0.423 e. The average molecular weight is 338 g/mol. The van der Waals surface area contributed by atoms with Gasteiger partial charge in [-0.3, -0.25) is 10.1 Å². The van der Waals surface area contributed by atoms with Gasteiger partial charge in [-0.15, -0.1) is 0 Å². The molecular formula is C13H9F3N6O2. The number of aromatic nitrogens is 4. The quantitative estimate of drug-likeness (QED) is 0.579. The SMILES string of the molecule is Nc1ncc2cnn(Cc3ccc([N+](=O)[O-])c(C(F)(F)F)c3)c2n1. The Hall–Kier alpha value is -3.24. The third-order valence-corrected chi connectivity index (χ3v) is 3.29. The van der Waals surface area contributed by atoms with Gasteiger partial charge in [0, 0.05) is 12.3 Å². The Balaban J connectivity index is 2.03. The lowest BCUT2D eigenvalue weighted by Crippen LogP contribution is -2.11. The third kappa shape index (κ3) is 2.83. The number of nitro benzene ring substituents is 1. The minimum Gasteiger partial charge on any atom is -0.368 e. The lowest BCUT2D eigenvalue weighted by atomic mass is 10.1. The molecule has 0 aliphatic heterocycles. The first-order valence-corrected chi connectivity index (χ1v) is 6.54. The fourth-order valence-corrected chi connectivity index (χ4v) is 2.24. The van der Waals surface area contributed by atoms with Crippen LogP contribution in [-0.2, 0) is 12.7 Å². The molecule has 0 unspecified atom stereocenters. The van der Waals surface area contributed by atoms with Crippen LogP contribution in [0.15, 0.2) is 30.6 Å². The van der Waals surface area contributed by atoms with Crippen LogP contribution >= 0.6 is 0 Å². The smallest absolute Gasteiger partial charge is 0.368 e. The number of hydrogen-bond acceptors (Lipinski definition) is 6. The Kier molecular flexibility index (Phi) is 3.55. The summed E-state index contributed by atoms with van der Waals surface area (Å²) in [4.78, 5) is 17.5. The summed E-state index contributed by atoms with van der Waals surface area (Å²) in [5.74, 6) is 0.00364. The van der Waals surface area contributed by atoms with Crippen molar-refractivity contribution >= 4 is 22.7 Å². The van der Waals surface area contributed by atoms with Crippen LogP contribution in [0.25, 0.3) is 11.0 Å². The van der Waals surface area contributed by atoms with Gasteiger partial charge in [-0.25, -0.2) is 9.67 Å². The van der Waals surface area contributed by atoms with Crippen LogP contribution in [0.5, 0.6) is 0 Å². The highest BCUT2D eigenvalue weighted by molar-refractivity contribution is 5.74. The van der Waals surface area contributed by atoms with Gasteiger partial charge in [-0.2, -0.15) is 23.3 Å². The van der Waals surface area contributed by atoms with Gasteiger partial charge in [-0.1, -0.05) is 6.07 Å². The zero-order valence-corrected chi connectivity index (χ0v) is 11.9. The number of benzene rings is 1. The summed E-state index contributed by atoms with van der Waals surface area (Å²) in [6.45, 7) is -0.0545. The van der Waals surface area contributed by atoms with Crippen molar-refractivity contribution in [3.8, 4) is 0 Å². The van der Waals surface area contributed by atoms with Gasteiger partial charge in [-0.05, 0) is 11.6 Å².